The molecule has 0 radical (unpaired) electrons. The molecule has 1 heterocycles. The third-order valence-corrected chi connectivity index (χ3v) is 3.04. The van der Waals surface area contributed by atoms with E-state index in [4.69, 9.17) is 9.47 Å². The van der Waals surface area contributed by atoms with Crippen LogP contribution in [0.5, 0.6) is 0 Å². The molecule has 0 unspecified atom stereocenters. The molecule has 2 N–H and O–H groups in total. The Labute approximate surface area is 113 Å². The van der Waals surface area contributed by atoms with Gasteiger partial charge in [0.1, 0.15) is 6.61 Å². The second kappa shape index (κ2) is 7.11. The van der Waals surface area contributed by atoms with Crippen LogP contribution in [0.4, 0.5) is 11.4 Å². The van der Waals surface area contributed by atoms with Crippen LogP contribution in [0.25, 0.3) is 0 Å². The van der Waals surface area contributed by atoms with Crippen molar-refractivity contribution in [3.8, 4) is 0 Å². The predicted octanol–water partition coefficient (Wildman–Crippen LogP) is 1.86. The van der Waals surface area contributed by atoms with Gasteiger partial charge in [-0.25, -0.2) is 0 Å². The number of benzene rings is 1. The Morgan fingerprint density at radius 1 is 1.26 bits per heavy atom. The number of carbonyl (C=O) groups is 1. The lowest BCUT2D eigenvalue weighted by atomic mass is 10.1. The van der Waals surface area contributed by atoms with Gasteiger partial charge in [0.2, 0.25) is 5.91 Å². The van der Waals surface area contributed by atoms with Crippen molar-refractivity contribution in [1.29, 1.82) is 0 Å². The second-order valence-electron chi connectivity index (χ2n) is 4.59. The summed E-state index contributed by atoms with van der Waals surface area (Å²) in [6.45, 7) is 1.72. The van der Waals surface area contributed by atoms with Gasteiger partial charge in [-0.15, -0.1) is 0 Å². The normalized spacial score (nSPS) is 16.1. The zero-order valence-corrected chi connectivity index (χ0v) is 11.1. The van der Waals surface area contributed by atoms with E-state index in [9.17, 15) is 4.79 Å². The van der Waals surface area contributed by atoms with Crippen LogP contribution in [0.15, 0.2) is 24.3 Å². The first-order chi connectivity index (χ1) is 9.28. The number of methoxy groups -OCH3 is 1. The van der Waals surface area contributed by atoms with Crippen LogP contribution < -0.4 is 10.6 Å². The molecule has 2 rings (SSSR count). The van der Waals surface area contributed by atoms with Crippen molar-refractivity contribution in [2.24, 2.45) is 0 Å². The minimum absolute atomic E-state index is 0.0715. The lowest BCUT2D eigenvalue weighted by Crippen LogP contribution is -2.27. The predicted molar refractivity (Wildman–Crippen MR) is 74.4 cm³/mol. The van der Waals surface area contributed by atoms with Gasteiger partial charge < -0.3 is 20.1 Å². The summed E-state index contributed by atoms with van der Waals surface area (Å²) in [5.41, 5.74) is 1.84. The summed E-state index contributed by atoms with van der Waals surface area (Å²) in [4.78, 5) is 11.3. The van der Waals surface area contributed by atoms with Crippen molar-refractivity contribution in [2.45, 2.75) is 18.9 Å². The first-order valence-electron chi connectivity index (χ1n) is 6.51. The summed E-state index contributed by atoms with van der Waals surface area (Å²) in [5, 5.41) is 6.23. The molecule has 0 saturated carbocycles. The van der Waals surface area contributed by atoms with Crippen LogP contribution in [-0.4, -0.2) is 38.9 Å². The number of anilines is 2. The molecule has 1 aromatic rings. The van der Waals surface area contributed by atoms with Crippen molar-refractivity contribution in [3.05, 3.63) is 24.3 Å². The van der Waals surface area contributed by atoms with Gasteiger partial charge in [-0.1, -0.05) is 0 Å². The third kappa shape index (κ3) is 4.54. The molecule has 1 aliphatic rings. The highest BCUT2D eigenvalue weighted by Crippen LogP contribution is 2.17. The zero-order chi connectivity index (χ0) is 13.5. The van der Waals surface area contributed by atoms with Crippen molar-refractivity contribution >= 4 is 17.3 Å². The van der Waals surface area contributed by atoms with E-state index in [-0.39, 0.29) is 12.5 Å². The second-order valence-corrected chi connectivity index (χ2v) is 4.59. The summed E-state index contributed by atoms with van der Waals surface area (Å²) in [5.74, 6) is -0.146. The van der Waals surface area contributed by atoms with Crippen LogP contribution in [0.2, 0.25) is 0 Å². The smallest absolute Gasteiger partial charge is 0.250 e. The van der Waals surface area contributed by atoms with Crippen LogP contribution in [0, 0.1) is 0 Å². The summed E-state index contributed by atoms with van der Waals surface area (Å²) in [6.07, 6.45) is 2.07. The molecule has 0 aromatic heterocycles. The van der Waals surface area contributed by atoms with Gasteiger partial charge in [-0.3, -0.25) is 4.79 Å². The lowest BCUT2D eigenvalue weighted by molar-refractivity contribution is -0.119. The van der Waals surface area contributed by atoms with E-state index in [0.29, 0.717) is 6.04 Å². The average molecular weight is 264 g/mol. The van der Waals surface area contributed by atoms with Crippen molar-refractivity contribution in [1.82, 2.24) is 0 Å². The van der Waals surface area contributed by atoms with Crippen molar-refractivity contribution < 1.29 is 14.3 Å². The number of amides is 1. The van der Waals surface area contributed by atoms with Gasteiger partial charge in [0, 0.05) is 37.7 Å². The first-order valence-corrected chi connectivity index (χ1v) is 6.51. The van der Waals surface area contributed by atoms with Crippen LogP contribution in [-0.2, 0) is 14.3 Å². The monoisotopic (exact) mass is 264 g/mol. The Morgan fingerprint density at radius 3 is 2.53 bits per heavy atom. The maximum atomic E-state index is 11.3. The first kappa shape index (κ1) is 13.8. The highest BCUT2D eigenvalue weighted by Gasteiger charge is 2.13. The molecule has 1 amide bonds. The summed E-state index contributed by atoms with van der Waals surface area (Å²) < 4.78 is 10.1. The summed E-state index contributed by atoms with van der Waals surface area (Å²) in [7, 11) is 1.50. The Hall–Kier alpha value is -1.59. The fourth-order valence-corrected chi connectivity index (χ4v) is 2.06. The molecule has 0 spiro atoms. The Balaban J connectivity index is 1.85. The lowest BCUT2D eigenvalue weighted by Gasteiger charge is -2.24. The number of nitrogens with one attached hydrogen (secondary N) is 2. The number of ether oxygens (including phenoxy) is 2. The average Bonchev–Trinajstić information content (AvgIpc) is 2.42. The Kier molecular flexibility index (Phi) is 5.18. The van der Waals surface area contributed by atoms with Crippen LogP contribution >= 0.6 is 0 Å². The number of rotatable bonds is 5. The highest BCUT2D eigenvalue weighted by molar-refractivity contribution is 5.91. The van der Waals surface area contributed by atoms with E-state index in [1.807, 2.05) is 24.3 Å². The quantitative estimate of drug-likeness (QED) is 0.852. The Morgan fingerprint density at radius 2 is 1.89 bits per heavy atom. The molecule has 1 fully saturated rings. The SMILES string of the molecule is COCC(=O)Nc1ccc(NC2CCOCC2)cc1. The van der Waals surface area contributed by atoms with Crippen LogP contribution in [0.3, 0.4) is 0 Å². The number of hydrogen-bond acceptors (Lipinski definition) is 4. The highest BCUT2D eigenvalue weighted by atomic mass is 16.5. The minimum atomic E-state index is -0.146. The number of carbonyl (C=O) groups excluding carboxylic acids is 1. The molecule has 5 nitrogen and oxygen atoms in total. The molecule has 1 saturated heterocycles. The summed E-state index contributed by atoms with van der Waals surface area (Å²) >= 11 is 0. The maximum Gasteiger partial charge on any atom is 0.250 e. The fraction of sp³-hybridized carbons (Fsp3) is 0.500. The molecule has 0 atom stereocenters. The van der Waals surface area contributed by atoms with E-state index in [2.05, 4.69) is 10.6 Å². The van der Waals surface area contributed by atoms with E-state index in [0.717, 1.165) is 37.4 Å². The molecular weight excluding hydrogens is 244 g/mol. The zero-order valence-electron chi connectivity index (χ0n) is 11.1. The largest absolute Gasteiger partial charge is 0.382 e. The van der Waals surface area contributed by atoms with E-state index >= 15 is 0 Å². The standard InChI is InChI=1S/C14H20N2O3/c1-18-10-14(17)16-12-4-2-11(3-5-12)15-13-6-8-19-9-7-13/h2-5,13,15H,6-10H2,1H3,(H,16,17). The topological polar surface area (TPSA) is 59.6 Å². The molecule has 1 aromatic carbocycles. The van der Waals surface area contributed by atoms with Crippen molar-refractivity contribution in [2.75, 3.05) is 37.6 Å². The molecule has 0 aliphatic carbocycles. The van der Waals surface area contributed by atoms with Crippen molar-refractivity contribution in [3.63, 3.8) is 0 Å². The van der Waals surface area contributed by atoms with E-state index < -0.39 is 0 Å². The molecule has 1 aliphatic heterocycles. The fourth-order valence-electron chi connectivity index (χ4n) is 2.06. The molecule has 104 valence electrons. The van der Waals surface area contributed by atoms with Gasteiger partial charge in [-0.05, 0) is 37.1 Å². The van der Waals surface area contributed by atoms with Crippen LogP contribution in [0.1, 0.15) is 12.8 Å². The Bertz CT molecular complexity index is 400. The number of hydrogen-bond donors (Lipinski definition) is 2. The minimum Gasteiger partial charge on any atom is -0.382 e. The van der Waals surface area contributed by atoms with Gasteiger partial charge in [0.25, 0.3) is 0 Å². The van der Waals surface area contributed by atoms with E-state index in [1.54, 1.807) is 0 Å². The molecular formula is C14H20N2O3. The summed E-state index contributed by atoms with van der Waals surface area (Å²) in [6, 6.07) is 8.18. The third-order valence-electron chi connectivity index (χ3n) is 3.04. The maximum absolute atomic E-state index is 11.3. The molecule has 19 heavy (non-hydrogen) atoms. The van der Waals surface area contributed by atoms with Gasteiger partial charge >= 0.3 is 0 Å². The molecule has 0 bridgehead atoms. The van der Waals surface area contributed by atoms with Gasteiger partial charge in [0.05, 0.1) is 0 Å². The van der Waals surface area contributed by atoms with E-state index in [1.165, 1.54) is 7.11 Å². The molecule has 5 heteroatoms. The van der Waals surface area contributed by atoms with Gasteiger partial charge in [0.15, 0.2) is 0 Å². The van der Waals surface area contributed by atoms with Gasteiger partial charge in [-0.2, -0.15) is 0 Å².